The maximum Gasteiger partial charge on any atom is 0.0367 e. The van der Waals surface area contributed by atoms with E-state index in [0.29, 0.717) is 0 Å². The summed E-state index contributed by atoms with van der Waals surface area (Å²) in [5.41, 5.74) is 7.71. The van der Waals surface area contributed by atoms with Gasteiger partial charge in [-0.1, -0.05) is 0 Å². The normalized spacial score (nSPS) is 16.2. The van der Waals surface area contributed by atoms with Crippen molar-refractivity contribution in [1.29, 1.82) is 0 Å². The van der Waals surface area contributed by atoms with Crippen molar-refractivity contribution in [3.05, 3.63) is 24.3 Å². The van der Waals surface area contributed by atoms with Gasteiger partial charge in [0.05, 0.1) is 0 Å². The van der Waals surface area contributed by atoms with Crippen LogP contribution in [0.4, 0.5) is 11.4 Å². The van der Waals surface area contributed by atoms with Crippen LogP contribution in [0.5, 0.6) is 0 Å². The molecule has 1 fully saturated rings. The lowest BCUT2D eigenvalue weighted by molar-refractivity contribution is 0.618. The Hall–Kier alpha value is -1.18. The molecular formula is C9H12N2. The molecule has 0 bridgehead atoms. The zero-order valence-electron chi connectivity index (χ0n) is 6.46. The molecule has 11 heavy (non-hydrogen) atoms. The minimum atomic E-state index is 0.842. The summed E-state index contributed by atoms with van der Waals surface area (Å²) in [5.74, 6) is 0. The van der Waals surface area contributed by atoms with Gasteiger partial charge in [0, 0.05) is 24.5 Å². The third-order valence-corrected chi connectivity index (χ3v) is 2.11. The summed E-state index contributed by atoms with van der Waals surface area (Å²) in [7, 11) is 0. The SMILES string of the molecule is Nc1ccc(N2CCC2)cc1. The summed E-state index contributed by atoms with van der Waals surface area (Å²) < 4.78 is 0. The van der Waals surface area contributed by atoms with Gasteiger partial charge in [0.1, 0.15) is 0 Å². The van der Waals surface area contributed by atoms with Gasteiger partial charge < -0.3 is 10.6 Å². The average molecular weight is 148 g/mol. The second-order valence-corrected chi connectivity index (χ2v) is 2.93. The van der Waals surface area contributed by atoms with Crippen LogP contribution in [0.3, 0.4) is 0 Å². The molecule has 0 saturated carbocycles. The number of hydrogen-bond acceptors (Lipinski definition) is 2. The molecule has 2 nitrogen and oxygen atoms in total. The molecule has 1 heterocycles. The highest BCUT2D eigenvalue weighted by atomic mass is 15.2. The van der Waals surface area contributed by atoms with Crippen LogP contribution in [-0.4, -0.2) is 13.1 Å². The van der Waals surface area contributed by atoms with Crippen molar-refractivity contribution in [2.45, 2.75) is 6.42 Å². The maximum absolute atomic E-state index is 5.57. The van der Waals surface area contributed by atoms with Crippen molar-refractivity contribution >= 4 is 11.4 Å². The van der Waals surface area contributed by atoms with E-state index in [2.05, 4.69) is 17.0 Å². The van der Waals surface area contributed by atoms with E-state index < -0.39 is 0 Å². The lowest BCUT2D eigenvalue weighted by atomic mass is 10.2. The van der Waals surface area contributed by atoms with Crippen LogP contribution in [0.25, 0.3) is 0 Å². The summed E-state index contributed by atoms with van der Waals surface area (Å²) in [5, 5.41) is 0. The second kappa shape index (κ2) is 2.46. The van der Waals surface area contributed by atoms with E-state index in [0.717, 1.165) is 5.69 Å². The van der Waals surface area contributed by atoms with Crippen LogP contribution < -0.4 is 10.6 Å². The molecule has 0 aliphatic carbocycles. The number of nitrogens with two attached hydrogens (primary N) is 1. The Morgan fingerprint density at radius 1 is 1.09 bits per heavy atom. The minimum absolute atomic E-state index is 0.842. The summed E-state index contributed by atoms with van der Waals surface area (Å²) in [6.07, 6.45) is 1.32. The van der Waals surface area contributed by atoms with Crippen molar-refractivity contribution in [1.82, 2.24) is 0 Å². The second-order valence-electron chi connectivity index (χ2n) is 2.93. The first kappa shape index (κ1) is 6.53. The van der Waals surface area contributed by atoms with Gasteiger partial charge in [0.25, 0.3) is 0 Å². The Labute approximate surface area is 66.6 Å². The Bertz CT molecular complexity index is 236. The van der Waals surface area contributed by atoms with Gasteiger partial charge in [0.15, 0.2) is 0 Å². The summed E-state index contributed by atoms with van der Waals surface area (Å²) >= 11 is 0. The lowest BCUT2D eigenvalue weighted by Crippen LogP contribution is -2.36. The van der Waals surface area contributed by atoms with Crippen molar-refractivity contribution in [2.75, 3.05) is 23.7 Å². The molecule has 2 heteroatoms. The van der Waals surface area contributed by atoms with Gasteiger partial charge in [0.2, 0.25) is 0 Å². The van der Waals surface area contributed by atoms with Gasteiger partial charge in [-0.15, -0.1) is 0 Å². The molecule has 0 spiro atoms. The fraction of sp³-hybridized carbons (Fsp3) is 0.333. The van der Waals surface area contributed by atoms with Crippen molar-refractivity contribution < 1.29 is 0 Å². The molecule has 0 aromatic heterocycles. The average Bonchev–Trinajstić information content (AvgIpc) is 1.90. The Balaban J connectivity index is 2.18. The van der Waals surface area contributed by atoms with Gasteiger partial charge in [-0.2, -0.15) is 0 Å². The van der Waals surface area contributed by atoms with Gasteiger partial charge in [-0.25, -0.2) is 0 Å². The maximum atomic E-state index is 5.57. The van der Waals surface area contributed by atoms with Crippen LogP contribution in [-0.2, 0) is 0 Å². The van der Waals surface area contributed by atoms with Gasteiger partial charge in [-0.3, -0.25) is 0 Å². The molecule has 0 atom stereocenters. The summed E-state index contributed by atoms with van der Waals surface area (Å²) in [4.78, 5) is 2.35. The molecular weight excluding hydrogens is 136 g/mol. The van der Waals surface area contributed by atoms with E-state index in [4.69, 9.17) is 5.73 Å². The minimum Gasteiger partial charge on any atom is -0.399 e. The first-order chi connectivity index (χ1) is 5.36. The monoisotopic (exact) mass is 148 g/mol. The Morgan fingerprint density at radius 3 is 2.18 bits per heavy atom. The van der Waals surface area contributed by atoms with Crippen LogP contribution in [0.15, 0.2) is 24.3 Å². The van der Waals surface area contributed by atoms with Crippen molar-refractivity contribution in [3.63, 3.8) is 0 Å². The van der Waals surface area contributed by atoms with Crippen molar-refractivity contribution in [3.8, 4) is 0 Å². The van der Waals surface area contributed by atoms with Crippen LogP contribution in [0.1, 0.15) is 6.42 Å². The molecule has 0 radical (unpaired) electrons. The number of rotatable bonds is 1. The van der Waals surface area contributed by atoms with Crippen LogP contribution >= 0.6 is 0 Å². The third-order valence-electron chi connectivity index (χ3n) is 2.11. The molecule has 1 aliphatic rings. The van der Waals surface area contributed by atoms with Gasteiger partial charge in [-0.05, 0) is 30.7 Å². The van der Waals surface area contributed by atoms with Gasteiger partial charge >= 0.3 is 0 Å². The topological polar surface area (TPSA) is 29.3 Å². The van der Waals surface area contributed by atoms with E-state index in [1.807, 2.05) is 12.1 Å². The molecule has 2 rings (SSSR count). The number of nitrogen functional groups attached to an aromatic ring is 1. The molecule has 2 N–H and O–H groups in total. The van der Waals surface area contributed by atoms with Crippen LogP contribution in [0, 0.1) is 0 Å². The fourth-order valence-corrected chi connectivity index (χ4v) is 1.26. The molecule has 0 amide bonds. The highest BCUT2D eigenvalue weighted by Crippen LogP contribution is 2.20. The molecule has 1 aromatic carbocycles. The predicted octanol–water partition coefficient (Wildman–Crippen LogP) is 1.48. The van der Waals surface area contributed by atoms with E-state index in [1.54, 1.807) is 0 Å². The summed E-state index contributed by atoms with van der Waals surface area (Å²) in [6.45, 7) is 2.40. The standard InChI is InChI=1S/C9H12N2/c10-8-2-4-9(5-3-8)11-6-1-7-11/h2-5H,1,6-7,10H2. The largest absolute Gasteiger partial charge is 0.399 e. The molecule has 0 unspecified atom stereocenters. The zero-order valence-corrected chi connectivity index (χ0v) is 6.46. The fourth-order valence-electron chi connectivity index (χ4n) is 1.26. The lowest BCUT2D eigenvalue weighted by Gasteiger charge is -2.33. The first-order valence-electron chi connectivity index (χ1n) is 3.97. The Morgan fingerprint density at radius 2 is 1.73 bits per heavy atom. The van der Waals surface area contributed by atoms with Crippen molar-refractivity contribution in [2.24, 2.45) is 0 Å². The highest BCUT2D eigenvalue weighted by Gasteiger charge is 2.13. The predicted molar refractivity (Wildman–Crippen MR) is 47.7 cm³/mol. The molecule has 1 aliphatic heterocycles. The Kier molecular flexibility index (Phi) is 1.46. The number of nitrogens with zero attached hydrogens (tertiary/aromatic N) is 1. The van der Waals surface area contributed by atoms with E-state index in [1.165, 1.54) is 25.2 Å². The molecule has 58 valence electrons. The highest BCUT2D eigenvalue weighted by molar-refractivity contribution is 5.54. The van der Waals surface area contributed by atoms with E-state index in [-0.39, 0.29) is 0 Å². The number of anilines is 2. The number of hydrogen-bond donors (Lipinski definition) is 1. The van der Waals surface area contributed by atoms with Crippen LogP contribution in [0.2, 0.25) is 0 Å². The quantitative estimate of drug-likeness (QED) is 0.611. The third kappa shape index (κ3) is 1.16. The van der Waals surface area contributed by atoms with E-state index in [9.17, 15) is 0 Å². The zero-order chi connectivity index (χ0) is 7.68. The smallest absolute Gasteiger partial charge is 0.0367 e. The van der Waals surface area contributed by atoms with E-state index >= 15 is 0 Å². The first-order valence-corrected chi connectivity index (χ1v) is 3.97. The summed E-state index contributed by atoms with van der Waals surface area (Å²) in [6, 6.07) is 8.06. The molecule has 1 saturated heterocycles. The number of benzene rings is 1. The molecule has 1 aromatic rings.